The second kappa shape index (κ2) is 25.4. The number of aryl methyl sites for hydroxylation is 4. The summed E-state index contributed by atoms with van der Waals surface area (Å²) < 4.78 is 0. The van der Waals surface area contributed by atoms with Crippen LogP contribution in [-0.4, -0.2) is 32.4 Å². The van der Waals surface area contributed by atoms with Crippen molar-refractivity contribution in [1.82, 2.24) is 19.9 Å². The monoisotopic (exact) mass is 905 g/mol. The Morgan fingerprint density at radius 1 is 0.738 bits per heavy atom. The van der Waals surface area contributed by atoms with Crippen LogP contribution in [0.15, 0.2) is 97.1 Å². The number of nitrogen functional groups attached to an aromatic ring is 1. The number of nitrogens with zero attached hydrogens (tertiary/aromatic N) is 9. The van der Waals surface area contributed by atoms with E-state index in [9.17, 15) is 0 Å². The van der Waals surface area contributed by atoms with Crippen LogP contribution in [0.4, 0.5) is 40.5 Å². The Morgan fingerprint density at radius 2 is 1.28 bits per heavy atom. The number of hydrogen-bond donors (Lipinski definition) is 3. The highest BCUT2D eigenvalue weighted by Gasteiger charge is 2.26. The molecule has 0 atom stereocenters. The maximum absolute atomic E-state index is 8.96. The Balaban J connectivity index is 0.000000361. The van der Waals surface area contributed by atoms with E-state index in [1.807, 2.05) is 62.4 Å². The quantitative estimate of drug-likeness (QED) is 0.0509. The van der Waals surface area contributed by atoms with Crippen molar-refractivity contribution in [2.24, 2.45) is 0 Å². The number of nitrogens with one attached hydrogen (secondary N) is 2. The van der Waals surface area contributed by atoms with Crippen LogP contribution in [0.1, 0.15) is 79.1 Å². The van der Waals surface area contributed by atoms with E-state index in [2.05, 4.69) is 68.6 Å². The van der Waals surface area contributed by atoms with Gasteiger partial charge in [0, 0.05) is 71.3 Å². The van der Waals surface area contributed by atoms with Crippen LogP contribution < -0.4 is 21.3 Å². The third kappa shape index (κ3) is 14.1. The van der Waals surface area contributed by atoms with Crippen molar-refractivity contribution < 1.29 is 1.43 Å². The minimum Gasteiger partial charge on any atom is -0.399 e. The maximum Gasteiger partial charge on any atom is 0.229 e. The van der Waals surface area contributed by atoms with Crippen LogP contribution in [-0.2, 0) is 19.3 Å². The number of aromatic nitrogens is 4. The summed E-state index contributed by atoms with van der Waals surface area (Å²) in [5, 5.41) is 41.5. The zero-order chi connectivity index (χ0) is 45.3. The number of nitriles is 4. The summed E-state index contributed by atoms with van der Waals surface area (Å²) >= 11 is 11.9. The van der Waals surface area contributed by atoms with Crippen LogP contribution in [0.25, 0.3) is 12.2 Å². The van der Waals surface area contributed by atoms with Crippen molar-refractivity contribution >= 4 is 75.8 Å². The largest absolute Gasteiger partial charge is 0.399 e. The molecule has 6 aromatic rings. The van der Waals surface area contributed by atoms with Gasteiger partial charge in [0.1, 0.15) is 11.0 Å². The first-order chi connectivity index (χ1) is 30.5. The number of fused-ring (bicyclic) bond motifs is 1. The van der Waals surface area contributed by atoms with Crippen molar-refractivity contribution in [2.75, 3.05) is 33.7 Å². The molecule has 3 heterocycles. The minimum atomic E-state index is 0. The Morgan fingerprint density at radius 3 is 1.78 bits per heavy atom. The number of nitrogens with two attached hydrogens (primary N) is 1. The lowest BCUT2D eigenvalue weighted by molar-refractivity contribution is 0.981. The SMILES string of the molecule is C.C.CCc1cc(/C=C/C#N)ccc1N.Cc1cc(/C=C/C#N)ccc1N1CCc2c(C)nc(Nc3ccc(C#N)cc3)nc21.Cc1nc(Nc2ccc(C#N)cc2)nc(Cl)c1CCCl.[2HH]. The molecule has 4 N–H and O–H groups in total. The van der Waals surface area contributed by atoms with Gasteiger partial charge in [-0.15, -0.1) is 11.6 Å². The zero-order valence-electron chi connectivity index (χ0n) is 35.3. The molecular formula is C51H54Cl2N12. The molecule has 65 heavy (non-hydrogen) atoms. The van der Waals surface area contributed by atoms with Gasteiger partial charge in [-0.25, -0.2) is 15.0 Å². The maximum atomic E-state index is 8.96. The average molecular weight is 907 g/mol. The van der Waals surface area contributed by atoms with Crippen molar-refractivity contribution in [1.29, 1.82) is 21.0 Å². The first-order valence-electron chi connectivity index (χ1n) is 19.9. The lowest BCUT2D eigenvalue weighted by atomic mass is 10.1. The molecule has 4 aromatic carbocycles. The average Bonchev–Trinajstić information content (AvgIpc) is 3.72. The van der Waals surface area contributed by atoms with E-state index in [-0.39, 0.29) is 16.3 Å². The Bertz CT molecular complexity index is 2780. The molecule has 1 aliphatic rings. The van der Waals surface area contributed by atoms with Gasteiger partial charge in [0.05, 0.1) is 35.4 Å². The van der Waals surface area contributed by atoms with Gasteiger partial charge in [-0.2, -0.15) is 26.0 Å². The topological polar surface area (TPSA) is 200 Å². The summed E-state index contributed by atoms with van der Waals surface area (Å²) in [4.78, 5) is 20.2. The predicted molar refractivity (Wildman–Crippen MR) is 269 cm³/mol. The molecule has 0 unspecified atom stereocenters. The van der Waals surface area contributed by atoms with Gasteiger partial charge in [0.15, 0.2) is 0 Å². The number of rotatable bonds is 10. The molecule has 0 bridgehead atoms. The molecule has 12 nitrogen and oxygen atoms in total. The fourth-order valence-electron chi connectivity index (χ4n) is 6.61. The second-order valence-electron chi connectivity index (χ2n) is 14.1. The van der Waals surface area contributed by atoms with E-state index in [1.165, 1.54) is 12.2 Å². The number of allylic oxidation sites excluding steroid dienone is 2. The number of alkyl halides is 1. The van der Waals surface area contributed by atoms with Gasteiger partial charge in [-0.3, -0.25) is 0 Å². The molecule has 0 saturated carbocycles. The number of hydrogen-bond acceptors (Lipinski definition) is 12. The first kappa shape index (κ1) is 51.6. The molecule has 1 aliphatic heterocycles. The number of halogens is 2. The van der Waals surface area contributed by atoms with Crippen molar-refractivity contribution in [3.05, 3.63) is 158 Å². The van der Waals surface area contributed by atoms with Gasteiger partial charge >= 0.3 is 0 Å². The molecule has 0 saturated heterocycles. The van der Waals surface area contributed by atoms with E-state index in [4.69, 9.17) is 55.0 Å². The van der Waals surface area contributed by atoms with E-state index >= 15 is 0 Å². The third-order valence-corrected chi connectivity index (χ3v) is 10.3. The highest BCUT2D eigenvalue weighted by molar-refractivity contribution is 6.30. The molecule has 0 aliphatic carbocycles. The van der Waals surface area contributed by atoms with Crippen LogP contribution in [0.2, 0.25) is 5.15 Å². The summed E-state index contributed by atoms with van der Waals surface area (Å²) in [5.74, 6) is 2.36. The lowest BCUT2D eigenvalue weighted by Crippen LogP contribution is -2.16. The molecule has 332 valence electrons. The predicted octanol–water partition coefficient (Wildman–Crippen LogP) is 12.7. The Labute approximate surface area is 394 Å². The molecular weight excluding hydrogens is 852 g/mol. The normalized spacial score (nSPS) is 10.9. The van der Waals surface area contributed by atoms with Crippen molar-refractivity contribution in [3.8, 4) is 24.3 Å². The summed E-state index contributed by atoms with van der Waals surface area (Å²) in [6, 6.07) is 34.4. The van der Waals surface area contributed by atoms with E-state index in [1.54, 1.807) is 48.6 Å². The standard InChI is InChI=1S/C24H20N6.C14H12Cl2N4.C11H12N2.2CH4.H2/c1-16-14-18(4-3-12-25)7-10-22(16)30-13-11-21-17(2)27-24(29-23(21)30)28-20-8-5-19(15-26)6-9-20;1-9-12(6-7-15)13(16)20-14(18-9)19-11-4-2-10(8-17)3-5-11;1-2-10-8-9(4-3-7-12)5-6-11(10)13;;;/h3-10,14H,11,13H2,1-2H3,(H,27,28,29);2-5H,6-7H2,1H3,(H,18,19,20);3-6,8H,2,13H2,1H3;2*1H4;1H/b4-3+;;4-3+;;;/i;;;;;1+1. The van der Waals surface area contributed by atoms with Gasteiger partial charge in [0.25, 0.3) is 0 Å². The highest BCUT2D eigenvalue weighted by Crippen LogP contribution is 2.37. The molecule has 7 rings (SSSR count). The fourth-order valence-corrected chi connectivity index (χ4v) is 7.11. The van der Waals surface area contributed by atoms with Gasteiger partial charge in [-0.05, 0) is 147 Å². The molecule has 0 radical (unpaired) electrons. The van der Waals surface area contributed by atoms with Crippen molar-refractivity contribution in [3.63, 3.8) is 0 Å². The summed E-state index contributed by atoms with van der Waals surface area (Å²) in [6.45, 7) is 8.86. The van der Waals surface area contributed by atoms with E-state index in [0.717, 1.165) is 92.7 Å². The summed E-state index contributed by atoms with van der Waals surface area (Å²) in [5.41, 5.74) is 18.6. The minimum absolute atomic E-state index is 0. The van der Waals surface area contributed by atoms with Gasteiger partial charge < -0.3 is 21.3 Å². The highest BCUT2D eigenvalue weighted by atomic mass is 35.5. The van der Waals surface area contributed by atoms with E-state index in [0.29, 0.717) is 40.5 Å². The van der Waals surface area contributed by atoms with Crippen LogP contribution in [0.5, 0.6) is 0 Å². The molecule has 14 heteroatoms. The Hall–Kier alpha value is -7.74. The molecule has 0 fully saturated rings. The first-order valence-corrected chi connectivity index (χ1v) is 20.8. The Kier molecular flexibility index (Phi) is 20.2. The zero-order valence-corrected chi connectivity index (χ0v) is 36.8. The van der Waals surface area contributed by atoms with E-state index < -0.39 is 0 Å². The number of benzene rings is 4. The fraction of sp³-hybridized carbons (Fsp3) is 0.216. The lowest BCUT2D eigenvalue weighted by Gasteiger charge is -2.22. The summed E-state index contributed by atoms with van der Waals surface area (Å²) in [6.07, 6.45) is 8.98. The second-order valence-corrected chi connectivity index (χ2v) is 14.8. The number of anilines is 7. The van der Waals surface area contributed by atoms with Gasteiger partial charge in [0.2, 0.25) is 11.9 Å². The van der Waals surface area contributed by atoms with Crippen LogP contribution in [0.3, 0.4) is 0 Å². The van der Waals surface area contributed by atoms with Crippen LogP contribution >= 0.6 is 23.2 Å². The molecule has 0 spiro atoms. The smallest absolute Gasteiger partial charge is 0.229 e. The third-order valence-electron chi connectivity index (χ3n) is 9.84. The molecule has 0 amide bonds. The van der Waals surface area contributed by atoms with Crippen molar-refractivity contribution in [2.45, 2.75) is 61.8 Å². The van der Waals surface area contributed by atoms with Crippen LogP contribution in [0, 0.1) is 66.1 Å². The van der Waals surface area contributed by atoms with Gasteiger partial charge in [-0.1, -0.05) is 45.5 Å². The summed E-state index contributed by atoms with van der Waals surface area (Å²) in [7, 11) is 0. The molecule has 2 aromatic heterocycles.